The first-order valence-electron chi connectivity index (χ1n) is 43.1. The number of H-pyrrole nitrogens is 1. The minimum atomic E-state index is -1.59. The van der Waals surface area contributed by atoms with E-state index in [9.17, 15) is 33.6 Å². The number of carbonyl (C=O) groups is 14. The lowest BCUT2D eigenvalue weighted by Crippen LogP contribution is -2.61. The molecule has 7 rings (SSSR count). The Hall–Kier alpha value is -11.8. The van der Waals surface area contributed by atoms with Crippen molar-refractivity contribution in [2.75, 3.05) is 26.2 Å². The number of para-hydroxylation sites is 1. The number of carbonyl (C=O) groups excluding carboxylic acids is 14. The van der Waals surface area contributed by atoms with Crippen molar-refractivity contribution in [2.24, 2.45) is 46.6 Å². The molecule has 2 aliphatic heterocycles. The highest BCUT2D eigenvalue weighted by Crippen LogP contribution is 2.25. The number of hydrogen-bond donors (Lipinski definition) is 19. The number of hydrogen-bond acceptors (Lipinski definition) is 17. The van der Waals surface area contributed by atoms with Crippen molar-refractivity contribution in [3.05, 3.63) is 144 Å². The fourth-order valence-corrected chi connectivity index (χ4v) is 15.0. The standard InChI is InChI=1S/C89H130N20O14/c1-9-55(8)75(87(122)102-67(76(92)111)45-52(2)3)108-81(116)65(37-25-43-96-89(93)94)99-80(115)66-39-40-73(110)95-42-24-22-36-64(78(113)98-63(35-21-23-41-90)79(114)104-70(49-58-31-17-12-18-32-58)84(119)103-68(46-53(4)5)82(117)101-66)100-83(118)69(48-57-29-15-11-16-30-57)105-85(120)71(50-59-51-97-62-34-20-19-33-60(59)62)106-86(121)72-38-26-44-109(72)88(123)74(54(6)7)107-77(112)61(91)47-56-27-13-10-14-28-56/h10-20,27-34,51-55,61,63-72,74-75,97H,9,21-26,35-50,90-91H2,1-8H3,(H2,92,111)(H,95,110)(H,98,113)(H,99,115)(H,100,118)(H,101,117)(H,102,122)(H,103,119)(H,104,114)(H,105,120)(H,106,121)(H,107,112)(H,108,116)(H4,93,94,96)/t55-,61-,63-,64-,65-,66-,67-,68+,69-,70-,71-,72-,74-,75-/m0/s1. The number of benzene rings is 4. The lowest BCUT2D eigenvalue weighted by atomic mass is 9.96. The van der Waals surface area contributed by atoms with E-state index in [1.807, 2.05) is 68.4 Å². The smallest absolute Gasteiger partial charge is 0.246 e. The number of aromatic amines is 1. The lowest BCUT2D eigenvalue weighted by molar-refractivity contribution is -0.143. The van der Waals surface area contributed by atoms with Crippen LogP contribution in [-0.4, -0.2) is 203 Å². The molecule has 0 bridgehead atoms. The van der Waals surface area contributed by atoms with E-state index in [-0.39, 0.29) is 134 Å². The zero-order valence-electron chi connectivity index (χ0n) is 72.1. The molecular formula is C89H130N20O14. The van der Waals surface area contributed by atoms with Gasteiger partial charge in [0, 0.05) is 62.4 Å². The number of primary amides is 1. The summed E-state index contributed by atoms with van der Waals surface area (Å²) in [6.07, 6.45) is 2.74. The summed E-state index contributed by atoms with van der Waals surface area (Å²) in [7, 11) is 0. The molecule has 34 heteroatoms. The first-order chi connectivity index (χ1) is 58.7. The van der Waals surface area contributed by atoms with E-state index in [1.165, 1.54) is 4.90 Å². The molecule has 0 spiro atoms. The first-order valence-corrected chi connectivity index (χ1v) is 43.1. The Morgan fingerprint density at radius 1 is 0.553 bits per heavy atom. The van der Waals surface area contributed by atoms with Gasteiger partial charge in [0.15, 0.2) is 5.96 Å². The summed E-state index contributed by atoms with van der Waals surface area (Å²) >= 11 is 0. The average molecular weight is 1700 g/mol. The summed E-state index contributed by atoms with van der Waals surface area (Å²) in [5, 5.41) is 45.0. The van der Waals surface area contributed by atoms with Crippen LogP contribution < -0.4 is 92.1 Å². The molecule has 5 aromatic rings. The Morgan fingerprint density at radius 3 is 1.77 bits per heavy atom. The molecular weight excluding hydrogens is 1570 g/mol. The van der Waals surface area contributed by atoms with Gasteiger partial charge in [0.05, 0.1) is 6.04 Å². The van der Waals surface area contributed by atoms with Crippen LogP contribution in [0, 0.1) is 29.1 Å². The van der Waals surface area contributed by atoms with Gasteiger partial charge in [0.2, 0.25) is 82.7 Å². The summed E-state index contributed by atoms with van der Waals surface area (Å²) in [4.78, 5) is 210. The molecule has 2 fully saturated rings. The first kappa shape index (κ1) is 98.3. The Morgan fingerprint density at radius 2 is 1.14 bits per heavy atom. The fraction of sp³-hybridized carbons (Fsp3) is 0.539. The van der Waals surface area contributed by atoms with Crippen molar-refractivity contribution in [1.82, 2.24) is 79.0 Å². The third-order valence-corrected chi connectivity index (χ3v) is 22.1. The van der Waals surface area contributed by atoms with Crippen molar-refractivity contribution >= 4 is 99.6 Å². The number of rotatable bonds is 39. The van der Waals surface area contributed by atoms with Gasteiger partial charge >= 0.3 is 0 Å². The Labute approximate surface area is 720 Å². The van der Waals surface area contributed by atoms with E-state index in [2.05, 4.69) is 74.1 Å². The molecule has 670 valence electrons. The predicted molar refractivity (Wildman–Crippen MR) is 467 cm³/mol. The molecule has 0 unspecified atom stereocenters. The molecule has 3 heterocycles. The monoisotopic (exact) mass is 1700 g/mol. The lowest BCUT2D eigenvalue weighted by Gasteiger charge is -2.32. The maximum Gasteiger partial charge on any atom is 0.246 e. The third-order valence-electron chi connectivity index (χ3n) is 22.1. The molecule has 123 heavy (non-hydrogen) atoms. The van der Waals surface area contributed by atoms with Crippen LogP contribution >= 0.6 is 0 Å². The molecule has 4 aromatic carbocycles. The second-order valence-electron chi connectivity index (χ2n) is 33.4. The normalized spacial score (nSPS) is 19.7. The molecule has 14 atom stereocenters. The largest absolute Gasteiger partial charge is 0.370 e. The average Bonchev–Trinajstić information content (AvgIpc) is 1.70. The van der Waals surface area contributed by atoms with Crippen molar-refractivity contribution in [1.29, 1.82) is 5.41 Å². The van der Waals surface area contributed by atoms with Crippen LogP contribution in [-0.2, 0) is 92.8 Å². The van der Waals surface area contributed by atoms with Crippen LogP contribution in [0.5, 0.6) is 0 Å². The number of nitrogens with two attached hydrogens (primary N) is 4. The molecule has 2 aliphatic rings. The number of guanidine groups is 1. The van der Waals surface area contributed by atoms with Crippen LogP contribution in [0.2, 0.25) is 0 Å². The van der Waals surface area contributed by atoms with Gasteiger partial charge in [-0.1, -0.05) is 171 Å². The molecule has 1 aromatic heterocycles. The van der Waals surface area contributed by atoms with Crippen LogP contribution in [0.25, 0.3) is 10.9 Å². The van der Waals surface area contributed by atoms with E-state index in [0.29, 0.717) is 42.4 Å². The Balaban J connectivity index is 1.21. The maximum absolute atomic E-state index is 15.5. The minimum Gasteiger partial charge on any atom is -0.370 e. The van der Waals surface area contributed by atoms with Gasteiger partial charge in [-0.25, -0.2) is 0 Å². The van der Waals surface area contributed by atoms with Crippen LogP contribution in [0.4, 0.5) is 0 Å². The Kier molecular flexibility index (Phi) is 39.9. The van der Waals surface area contributed by atoms with E-state index in [4.69, 9.17) is 28.3 Å². The highest BCUT2D eigenvalue weighted by atomic mass is 16.2. The second kappa shape index (κ2) is 49.9. The van der Waals surface area contributed by atoms with Crippen LogP contribution in [0.1, 0.15) is 174 Å². The zero-order valence-corrected chi connectivity index (χ0v) is 72.1. The van der Waals surface area contributed by atoms with E-state index in [1.54, 1.807) is 108 Å². The van der Waals surface area contributed by atoms with Gasteiger partial charge in [0.25, 0.3) is 0 Å². The van der Waals surface area contributed by atoms with E-state index in [0.717, 1.165) is 16.5 Å². The molecule has 0 saturated carbocycles. The summed E-state index contributed by atoms with van der Waals surface area (Å²) in [5.41, 5.74) is 27.0. The van der Waals surface area contributed by atoms with Crippen LogP contribution in [0.15, 0.2) is 121 Å². The predicted octanol–water partition coefficient (Wildman–Crippen LogP) is 1.84. The molecule has 0 aliphatic carbocycles. The topological polar surface area (TPSA) is 542 Å². The highest BCUT2D eigenvalue weighted by molar-refractivity contribution is 6.01. The van der Waals surface area contributed by atoms with Crippen molar-refractivity contribution in [2.45, 2.75) is 256 Å². The van der Waals surface area contributed by atoms with Gasteiger partial charge in [-0.15, -0.1) is 0 Å². The highest BCUT2D eigenvalue weighted by Gasteiger charge is 2.43. The quantitative estimate of drug-likeness (QED) is 0.0152. The summed E-state index contributed by atoms with van der Waals surface area (Å²) in [6, 6.07) is 16.8. The van der Waals surface area contributed by atoms with Gasteiger partial charge in [0.1, 0.15) is 72.5 Å². The number of unbranched alkanes of at least 4 members (excludes halogenated alkanes) is 1. The number of likely N-dealkylation sites (tertiary alicyclic amines) is 1. The van der Waals surface area contributed by atoms with E-state index < -0.39 is 180 Å². The summed E-state index contributed by atoms with van der Waals surface area (Å²) < 4.78 is 0. The maximum atomic E-state index is 15.5. The zero-order chi connectivity index (χ0) is 89.8. The third kappa shape index (κ3) is 31.9. The van der Waals surface area contributed by atoms with Crippen molar-refractivity contribution in [3.63, 3.8) is 0 Å². The number of amides is 14. The Bertz CT molecular complexity index is 4360. The number of nitrogens with one attached hydrogen (secondary N) is 15. The number of fused-ring (bicyclic) bond motifs is 1. The van der Waals surface area contributed by atoms with Gasteiger partial charge < -0.3 is 102 Å². The summed E-state index contributed by atoms with van der Waals surface area (Å²) in [6.45, 7) is 14.7. The SMILES string of the molecule is CC[C@H](C)[C@H](NC(=O)[C@H](CCCNC(=N)N)NC(=O)[C@@H]1CCC(=O)NCCCC[C@H](NC(=O)[C@H](Cc2ccccc2)NC(=O)[C@H](Cc2c[nH]c3ccccc23)NC(=O)[C@@H]2CCCN2C(=O)[C@@H](NC(=O)[C@@H](N)Cc2ccccc2)C(C)C)C(=O)N[C@@H](CCCCN)C(=O)N[C@@H](Cc2ccccc2)C(=O)N[C@H](CC(C)C)C(=O)N1)C(=O)N[C@@H](CC(C)C)C(N)=O. The fourth-order valence-electron chi connectivity index (χ4n) is 15.0. The second-order valence-corrected chi connectivity index (χ2v) is 33.4. The number of nitrogens with zero attached hydrogens (tertiary/aromatic N) is 1. The van der Waals surface area contributed by atoms with Gasteiger partial charge in [-0.2, -0.15) is 0 Å². The minimum absolute atomic E-state index is 0.0217. The summed E-state index contributed by atoms with van der Waals surface area (Å²) in [5.74, 6) is -12.3. The van der Waals surface area contributed by atoms with E-state index >= 15 is 33.6 Å². The van der Waals surface area contributed by atoms with Gasteiger partial charge in [-0.05, 0) is 148 Å². The molecule has 34 nitrogen and oxygen atoms in total. The molecule has 14 amide bonds. The van der Waals surface area contributed by atoms with Crippen molar-refractivity contribution in [3.8, 4) is 0 Å². The molecule has 0 radical (unpaired) electrons. The molecule has 2 saturated heterocycles. The van der Waals surface area contributed by atoms with Crippen molar-refractivity contribution < 1.29 is 67.1 Å². The molecule has 23 N–H and O–H groups in total. The van der Waals surface area contributed by atoms with Crippen LogP contribution in [0.3, 0.4) is 0 Å². The number of aromatic nitrogens is 1. The van der Waals surface area contributed by atoms with Gasteiger partial charge in [-0.3, -0.25) is 72.5 Å².